The van der Waals surface area contributed by atoms with E-state index in [2.05, 4.69) is 5.32 Å². The average molecular weight is 313 g/mol. The van der Waals surface area contributed by atoms with Crippen molar-refractivity contribution < 1.29 is 28.5 Å². The molecule has 6 nitrogen and oxygen atoms in total. The Hall–Kier alpha value is -1.70. The second-order valence-corrected chi connectivity index (χ2v) is 5.09. The van der Waals surface area contributed by atoms with Crippen molar-refractivity contribution in [1.82, 2.24) is 5.32 Å². The normalized spacial score (nSPS) is 24.8. The summed E-state index contributed by atoms with van der Waals surface area (Å²) < 4.78 is 28.9. The minimum atomic E-state index is -0.702. The molecule has 1 saturated heterocycles. The lowest BCUT2D eigenvalue weighted by Gasteiger charge is -2.33. The van der Waals surface area contributed by atoms with Gasteiger partial charge in [0.15, 0.2) is 18.2 Å². The number of methoxy groups -OCH3 is 1. The topological polar surface area (TPSA) is 77.0 Å². The van der Waals surface area contributed by atoms with E-state index >= 15 is 0 Å². The van der Waals surface area contributed by atoms with Gasteiger partial charge < -0.3 is 24.6 Å². The summed E-state index contributed by atoms with van der Waals surface area (Å²) in [6, 6.07) is 5.87. The van der Waals surface area contributed by atoms with Gasteiger partial charge in [-0.3, -0.25) is 4.79 Å². The van der Waals surface area contributed by atoms with Crippen LogP contribution in [0.2, 0.25) is 0 Å². The van der Waals surface area contributed by atoms with Gasteiger partial charge in [-0.15, -0.1) is 0 Å². The summed E-state index contributed by atoms with van der Waals surface area (Å²) in [5, 5.41) is 12.7. The average Bonchev–Trinajstić information content (AvgIpc) is 2.53. The highest BCUT2D eigenvalue weighted by Crippen LogP contribution is 2.17. The minimum absolute atomic E-state index is 0.0260. The van der Waals surface area contributed by atoms with Crippen LogP contribution in [0.15, 0.2) is 24.3 Å². The van der Waals surface area contributed by atoms with Crippen molar-refractivity contribution in [3.05, 3.63) is 30.1 Å². The van der Waals surface area contributed by atoms with E-state index in [-0.39, 0.29) is 24.8 Å². The van der Waals surface area contributed by atoms with Crippen molar-refractivity contribution in [2.45, 2.75) is 12.2 Å². The maximum Gasteiger partial charge on any atom is 0.257 e. The number of para-hydroxylation sites is 1. The van der Waals surface area contributed by atoms with Crippen LogP contribution in [-0.2, 0) is 14.3 Å². The number of amides is 1. The number of hydrogen-bond donors (Lipinski definition) is 2. The van der Waals surface area contributed by atoms with Gasteiger partial charge in [0.25, 0.3) is 5.91 Å². The predicted octanol–water partition coefficient (Wildman–Crippen LogP) is 0.343. The lowest BCUT2D eigenvalue weighted by Crippen LogP contribution is -2.49. The molecule has 122 valence electrons. The number of aliphatic hydroxyl groups is 1. The van der Waals surface area contributed by atoms with Crippen LogP contribution < -0.4 is 10.1 Å². The number of hydrogen-bond acceptors (Lipinski definition) is 5. The Bertz CT molecular complexity index is 499. The second kappa shape index (κ2) is 8.07. The molecule has 1 aliphatic rings. The molecule has 1 aromatic carbocycles. The lowest BCUT2D eigenvalue weighted by molar-refractivity contribution is -0.136. The Balaban J connectivity index is 1.74. The lowest BCUT2D eigenvalue weighted by atomic mass is 9.96. The van der Waals surface area contributed by atoms with E-state index in [0.717, 1.165) is 0 Å². The van der Waals surface area contributed by atoms with E-state index < -0.39 is 23.9 Å². The van der Waals surface area contributed by atoms with Crippen LogP contribution in [0.4, 0.5) is 4.39 Å². The van der Waals surface area contributed by atoms with Gasteiger partial charge in [-0.05, 0) is 12.1 Å². The molecule has 0 aliphatic carbocycles. The summed E-state index contributed by atoms with van der Waals surface area (Å²) in [6.07, 6.45) is -1.10. The van der Waals surface area contributed by atoms with E-state index in [4.69, 9.17) is 14.2 Å². The number of ether oxygens (including phenoxy) is 3. The first-order valence-corrected chi connectivity index (χ1v) is 7.04. The molecule has 1 amide bonds. The predicted molar refractivity (Wildman–Crippen MR) is 76.0 cm³/mol. The summed E-state index contributed by atoms with van der Waals surface area (Å²) in [4.78, 5) is 11.7. The number of benzene rings is 1. The Morgan fingerprint density at radius 2 is 2.23 bits per heavy atom. The second-order valence-electron chi connectivity index (χ2n) is 5.09. The summed E-state index contributed by atoms with van der Waals surface area (Å²) in [5.74, 6) is -1.14. The van der Waals surface area contributed by atoms with E-state index in [1.807, 2.05) is 0 Å². The standard InChI is InChI=1S/C15H20FNO5/c1-20-13-8-21-7-10(15(13)19)6-17-14(18)9-22-12-5-3-2-4-11(12)16/h2-5,10,13,15,19H,6-9H2,1H3,(H,17,18)/t10-,13-,15+/m1/s1. The van der Waals surface area contributed by atoms with Crippen LogP contribution in [-0.4, -0.2) is 56.7 Å². The fourth-order valence-corrected chi connectivity index (χ4v) is 2.22. The fourth-order valence-electron chi connectivity index (χ4n) is 2.22. The van der Waals surface area contributed by atoms with Crippen molar-refractivity contribution in [2.24, 2.45) is 5.92 Å². The Morgan fingerprint density at radius 3 is 2.95 bits per heavy atom. The first-order valence-electron chi connectivity index (χ1n) is 7.04. The number of aliphatic hydroxyl groups excluding tert-OH is 1. The highest BCUT2D eigenvalue weighted by atomic mass is 19.1. The zero-order valence-corrected chi connectivity index (χ0v) is 12.3. The maximum absolute atomic E-state index is 13.3. The summed E-state index contributed by atoms with van der Waals surface area (Å²) in [7, 11) is 1.50. The molecule has 0 spiro atoms. The van der Waals surface area contributed by atoms with Crippen molar-refractivity contribution >= 4 is 5.91 Å². The van der Waals surface area contributed by atoms with Crippen LogP contribution in [0.3, 0.4) is 0 Å². The van der Waals surface area contributed by atoms with E-state index in [1.165, 1.54) is 19.2 Å². The molecule has 0 radical (unpaired) electrons. The van der Waals surface area contributed by atoms with Gasteiger partial charge >= 0.3 is 0 Å². The van der Waals surface area contributed by atoms with Gasteiger partial charge in [-0.1, -0.05) is 12.1 Å². The minimum Gasteiger partial charge on any atom is -0.481 e. The molecule has 0 bridgehead atoms. The van der Waals surface area contributed by atoms with Gasteiger partial charge in [0.1, 0.15) is 6.10 Å². The number of halogens is 1. The summed E-state index contributed by atoms with van der Waals surface area (Å²) in [6.45, 7) is 0.618. The number of nitrogens with one attached hydrogen (secondary N) is 1. The SMILES string of the molecule is CO[C@@H]1COC[C@@H](CNC(=O)COc2ccccc2F)[C@@H]1O. The third kappa shape index (κ3) is 4.40. The van der Waals surface area contributed by atoms with Gasteiger partial charge in [0.05, 0.1) is 19.3 Å². The molecule has 2 rings (SSSR count). The van der Waals surface area contributed by atoms with Gasteiger partial charge in [0, 0.05) is 19.6 Å². The summed E-state index contributed by atoms with van der Waals surface area (Å²) in [5.41, 5.74) is 0. The van der Waals surface area contributed by atoms with Gasteiger partial charge in [0.2, 0.25) is 0 Å². The summed E-state index contributed by atoms with van der Waals surface area (Å²) >= 11 is 0. The van der Waals surface area contributed by atoms with Crippen LogP contribution >= 0.6 is 0 Å². The van der Waals surface area contributed by atoms with Crippen molar-refractivity contribution in [3.63, 3.8) is 0 Å². The number of rotatable bonds is 6. The third-order valence-electron chi connectivity index (χ3n) is 3.54. The monoisotopic (exact) mass is 313 g/mol. The maximum atomic E-state index is 13.3. The molecule has 0 aromatic heterocycles. The number of carbonyl (C=O) groups excluding carboxylic acids is 1. The molecule has 1 heterocycles. The Morgan fingerprint density at radius 1 is 1.45 bits per heavy atom. The van der Waals surface area contributed by atoms with E-state index in [9.17, 15) is 14.3 Å². The van der Waals surface area contributed by atoms with Crippen LogP contribution in [0.1, 0.15) is 0 Å². The van der Waals surface area contributed by atoms with Crippen molar-refractivity contribution in [3.8, 4) is 5.75 Å². The molecule has 3 atom stereocenters. The molecule has 22 heavy (non-hydrogen) atoms. The molecule has 7 heteroatoms. The van der Waals surface area contributed by atoms with Crippen LogP contribution in [0, 0.1) is 11.7 Å². The molecule has 2 N–H and O–H groups in total. The van der Waals surface area contributed by atoms with Crippen molar-refractivity contribution in [2.75, 3.05) is 33.5 Å². The van der Waals surface area contributed by atoms with Gasteiger partial charge in [-0.2, -0.15) is 0 Å². The zero-order chi connectivity index (χ0) is 15.9. The first kappa shape index (κ1) is 16.7. The highest BCUT2D eigenvalue weighted by Gasteiger charge is 2.32. The third-order valence-corrected chi connectivity index (χ3v) is 3.54. The molecule has 0 saturated carbocycles. The highest BCUT2D eigenvalue weighted by molar-refractivity contribution is 5.77. The van der Waals surface area contributed by atoms with E-state index in [0.29, 0.717) is 13.2 Å². The molecule has 0 unspecified atom stereocenters. The first-order chi connectivity index (χ1) is 10.6. The van der Waals surface area contributed by atoms with E-state index in [1.54, 1.807) is 12.1 Å². The smallest absolute Gasteiger partial charge is 0.257 e. The molecule has 1 aliphatic heterocycles. The quantitative estimate of drug-likeness (QED) is 0.792. The molecule has 1 aromatic rings. The Kier molecular flexibility index (Phi) is 6.11. The molecule has 1 fully saturated rings. The zero-order valence-electron chi connectivity index (χ0n) is 12.3. The largest absolute Gasteiger partial charge is 0.481 e. The molecular weight excluding hydrogens is 293 g/mol. The fraction of sp³-hybridized carbons (Fsp3) is 0.533. The Labute approximate surface area is 128 Å². The number of carbonyl (C=O) groups is 1. The van der Waals surface area contributed by atoms with Gasteiger partial charge in [-0.25, -0.2) is 4.39 Å². The van der Waals surface area contributed by atoms with Crippen LogP contribution in [0.5, 0.6) is 5.75 Å². The van der Waals surface area contributed by atoms with Crippen LogP contribution in [0.25, 0.3) is 0 Å². The van der Waals surface area contributed by atoms with Crippen molar-refractivity contribution in [1.29, 1.82) is 0 Å². The molecular formula is C15H20FNO5.